The highest BCUT2D eigenvalue weighted by atomic mass is 16.6. The summed E-state index contributed by atoms with van der Waals surface area (Å²) < 4.78 is 18.0. The normalized spacial score (nSPS) is 12.1. The van der Waals surface area contributed by atoms with Crippen LogP contribution in [0.2, 0.25) is 0 Å². The quantitative estimate of drug-likeness (QED) is 0.0265. The molecule has 360 valence electrons. The Bertz CT molecular complexity index is 863. The Hall–Kier alpha value is -1.39. The van der Waals surface area contributed by atoms with Crippen LogP contribution in [-0.4, -0.2) is 38.5 Å². The monoisotopic (exact) mass is 858 g/mol. The number of carbonyl (C=O) groups excluding carboxylic acids is 1. The minimum Gasteiger partial charge on any atom is -0.457 e. The van der Waals surface area contributed by atoms with Crippen molar-refractivity contribution in [3.63, 3.8) is 0 Å². The summed E-state index contributed by atoms with van der Waals surface area (Å²) in [6.45, 7) is 9.20. The Morgan fingerprint density at radius 2 is 0.574 bits per heavy atom. The van der Waals surface area contributed by atoms with Crippen molar-refractivity contribution in [1.29, 1.82) is 0 Å². The third kappa shape index (κ3) is 52.9. The van der Waals surface area contributed by atoms with Gasteiger partial charge in [-0.1, -0.05) is 224 Å². The largest absolute Gasteiger partial charge is 0.457 e. The lowest BCUT2D eigenvalue weighted by molar-refractivity contribution is -0.156. The van der Waals surface area contributed by atoms with Crippen molar-refractivity contribution in [2.45, 2.75) is 297 Å². The Morgan fingerprint density at radius 3 is 0.869 bits per heavy atom. The Kier molecular flexibility index (Phi) is 53.5. The van der Waals surface area contributed by atoms with E-state index < -0.39 is 0 Å². The van der Waals surface area contributed by atoms with Gasteiger partial charge in [0.25, 0.3) is 0 Å². The average Bonchev–Trinajstić information content (AvgIpc) is 3.26. The molecule has 0 radical (unpaired) electrons. The van der Waals surface area contributed by atoms with E-state index in [-0.39, 0.29) is 12.1 Å². The summed E-state index contributed by atoms with van der Waals surface area (Å²) in [5.74, 6) is -0.0932. The zero-order valence-corrected chi connectivity index (χ0v) is 41.7. The molecule has 0 saturated carbocycles. The number of allylic oxidation sites excluding steroid dienone is 6. The standard InChI is InChI=1S/C57H108O4/c1-4-7-10-13-16-19-22-25-28-31-34-37-40-43-46-49-52-59-54-56(55-60-53-50-47-44-41-38-35-32-29-26-23-20-17-14-11-8-5-2)61-57(58)51-48-45-42-39-36-33-30-27-24-21-18-15-12-9-6-3/h25-30,56H,4-24,31-55H2,1-3H3/b28-25-,29-26-,30-27-/i56+1. The van der Waals surface area contributed by atoms with Gasteiger partial charge >= 0.3 is 5.97 Å². The van der Waals surface area contributed by atoms with E-state index >= 15 is 0 Å². The van der Waals surface area contributed by atoms with Crippen molar-refractivity contribution in [2.75, 3.05) is 26.4 Å². The van der Waals surface area contributed by atoms with Gasteiger partial charge in [-0.3, -0.25) is 4.79 Å². The van der Waals surface area contributed by atoms with Gasteiger partial charge in [0, 0.05) is 19.6 Å². The highest BCUT2D eigenvalue weighted by Crippen LogP contribution is 2.14. The molecule has 0 aliphatic heterocycles. The molecule has 0 aliphatic rings. The molecule has 4 nitrogen and oxygen atoms in total. The van der Waals surface area contributed by atoms with E-state index in [1.807, 2.05) is 0 Å². The molecule has 0 aromatic heterocycles. The highest BCUT2D eigenvalue weighted by Gasteiger charge is 2.15. The molecule has 0 bridgehead atoms. The number of rotatable bonds is 52. The number of hydrogen-bond acceptors (Lipinski definition) is 4. The van der Waals surface area contributed by atoms with Gasteiger partial charge in [0.1, 0.15) is 6.10 Å². The van der Waals surface area contributed by atoms with Crippen molar-refractivity contribution >= 4 is 5.97 Å². The molecule has 0 aromatic carbocycles. The number of unbranched alkanes of at least 4 members (excludes halogenated alkanes) is 35. The Labute approximate surface area is 383 Å². The molecule has 0 unspecified atom stereocenters. The van der Waals surface area contributed by atoms with E-state index in [0.717, 1.165) is 38.9 Å². The molecule has 0 saturated heterocycles. The molecule has 0 aliphatic carbocycles. The second kappa shape index (κ2) is 54.7. The van der Waals surface area contributed by atoms with Crippen molar-refractivity contribution < 1.29 is 19.0 Å². The number of carbonyl (C=O) groups is 1. The molecule has 0 atom stereocenters. The van der Waals surface area contributed by atoms with Crippen LogP contribution in [0.4, 0.5) is 0 Å². The molecule has 0 aromatic rings. The van der Waals surface area contributed by atoms with Gasteiger partial charge in [-0.15, -0.1) is 0 Å². The molecular formula is C57H108O4. The van der Waals surface area contributed by atoms with Gasteiger partial charge in [-0.25, -0.2) is 0 Å². The summed E-state index contributed by atoms with van der Waals surface area (Å²) in [5, 5.41) is 0. The molecule has 0 amide bonds. The van der Waals surface area contributed by atoms with Crippen molar-refractivity contribution in [1.82, 2.24) is 0 Å². The van der Waals surface area contributed by atoms with E-state index in [2.05, 4.69) is 57.2 Å². The third-order valence-electron chi connectivity index (χ3n) is 12.1. The molecule has 0 fully saturated rings. The van der Waals surface area contributed by atoms with Gasteiger partial charge in [0.05, 0.1) is 13.2 Å². The van der Waals surface area contributed by atoms with Crippen LogP contribution in [0, 0.1) is 0 Å². The summed E-state index contributed by atoms with van der Waals surface area (Å²) in [6, 6.07) is 0. The highest BCUT2D eigenvalue weighted by molar-refractivity contribution is 5.69. The first kappa shape index (κ1) is 59.6. The van der Waals surface area contributed by atoms with Crippen LogP contribution in [0.15, 0.2) is 36.5 Å². The molecule has 0 heterocycles. The fraction of sp³-hybridized carbons (Fsp3) is 0.877. The SMILES string of the molecule is CCCCCCCC/C=C\CCCCCCCCOC[13CH](COCCCCCCCC/C=C\CCCCCCCC)OC(=O)CCCCCCC/C=C\CCCCCCCC. The van der Waals surface area contributed by atoms with Crippen LogP contribution in [0.25, 0.3) is 0 Å². The fourth-order valence-corrected chi connectivity index (χ4v) is 8.03. The Balaban J connectivity index is 4.16. The Morgan fingerprint density at radius 1 is 0.328 bits per heavy atom. The van der Waals surface area contributed by atoms with E-state index in [4.69, 9.17) is 14.2 Å². The molecule has 4 heteroatoms. The number of esters is 1. The minimum atomic E-state index is -0.307. The molecular weight excluding hydrogens is 750 g/mol. The molecule has 0 N–H and O–H groups in total. The first-order valence-electron chi connectivity index (χ1n) is 27.5. The van der Waals surface area contributed by atoms with Crippen molar-refractivity contribution in [3.8, 4) is 0 Å². The smallest absolute Gasteiger partial charge is 0.306 e. The summed E-state index contributed by atoms with van der Waals surface area (Å²) in [4.78, 5) is 12.8. The topological polar surface area (TPSA) is 44.8 Å². The lowest BCUT2D eigenvalue weighted by Crippen LogP contribution is -2.29. The number of hydrogen-bond donors (Lipinski definition) is 0. The van der Waals surface area contributed by atoms with E-state index in [1.54, 1.807) is 0 Å². The summed E-state index contributed by atoms with van der Waals surface area (Å²) in [5.41, 5.74) is 0. The lowest BCUT2D eigenvalue weighted by Gasteiger charge is -2.18. The fourth-order valence-electron chi connectivity index (χ4n) is 8.03. The maximum absolute atomic E-state index is 12.8. The predicted molar refractivity (Wildman–Crippen MR) is 270 cm³/mol. The average molecular weight is 858 g/mol. The zero-order chi connectivity index (χ0) is 44.0. The summed E-state index contributed by atoms with van der Waals surface area (Å²) in [7, 11) is 0. The van der Waals surface area contributed by atoms with Crippen LogP contribution < -0.4 is 0 Å². The first-order chi connectivity index (χ1) is 30.2. The first-order valence-corrected chi connectivity index (χ1v) is 27.5. The van der Waals surface area contributed by atoms with Crippen LogP contribution >= 0.6 is 0 Å². The molecule has 61 heavy (non-hydrogen) atoms. The third-order valence-corrected chi connectivity index (χ3v) is 12.1. The minimum absolute atomic E-state index is 0.0932. The lowest BCUT2D eigenvalue weighted by atomic mass is 10.1. The maximum atomic E-state index is 12.8. The maximum Gasteiger partial charge on any atom is 0.306 e. The zero-order valence-electron chi connectivity index (χ0n) is 41.7. The van der Waals surface area contributed by atoms with Crippen LogP contribution in [0.3, 0.4) is 0 Å². The summed E-state index contributed by atoms with van der Waals surface area (Å²) in [6.07, 6.45) is 67.5. The van der Waals surface area contributed by atoms with Gasteiger partial charge in [0.2, 0.25) is 0 Å². The molecule has 0 spiro atoms. The van der Waals surface area contributed by atoms with Gasteiger partial charge in [0.15, 0.2) is 0 Å². The second-order valence-electron chi connectivity index (χ2n) is 18.5. The van der Waals surface area contributed by atoms with Gasteiger partial charge in [-0.2, -0.15) is 0 Å². The molecule has 0 rings (SSSR count). The van der Waals surface area contributed by atoms with Crippen LogP contribution in [0.5, 0.6) is 0 Å². The predicted octanol–water partition coefficient (Wildman–Crippen LogP) is 19.0. The summed E-state index contributed by atoms with van der Waals surface area (Å²) >= 11 is 0. The van der Waals surface area contributed by atoms with Gasteiger partial charge in [-0.05, 0) is 96.3 Å². The van der Waals surface area contributed by atoms with Crippen LogP contribution in [-0.2, 0) is 19.0 Å². The second-order valence-corrected chi connectivity index (χ2v) is 18.5. The van der Waals surface area contributed by atoms with Crippen LogP contribution in [0.1, 0.15) is 290 Å². The van der Waals surface area contributed by atoms with E-state index in [9.17, 15) is 4.79 Å². The number of ether oxygens (including phenoxy) is 3. The van der Waals surface area contributed by atoms with E-state index in [1.165, 1.54) is 238 Å². The van der Waals surface area contributed by atoms with Gasteiger partial charge < -0.3 is 14.2 Å². The van der Waals surface area contributed by atoms with E-state index in [0.29, 0.717) is 19.6 Å². The van der Waals surface area contributed by atoms with Crippen molar-refractivity contribution in [2.24, 2.45) is 0 Å². The van der Waals surface area contributed by atoms with Crippen molar-refractivity contribution in [3.05, 3.63) is 36.5 Å².